The summed E-state index contributed by atoms with van der Waals surface area (Å²) >= 11 is 1.61. The summed E-state index contributed by atoms with van der Waals surface area (Å²) < 4.78 is 35.5. The molecule has 0 saturated heterocycles. The molecule has 164 valence electrons. The van der Waals surface area contributed by atoms with E-state index < -0.39 is 11.6 Å². The third-order valence-electron chi connectivity index (χ3n) is 5.93. The Morgan fingerprint density at radius 3 is 2.65 bits per heavy atom. The van der Waals surface area contributed by atoms with Crippen molar-refractivity contribution in [3.8, 4) is 5.75 Å². The van der Waals surface area contributed by atoms with E-state index in [1.165, 1.54) is 17.3 Å². The molecule has 31 heavy (non-hydrogen) atoms. The van der Waals surface area contributed by atoms with Gasteiger partial charge in [0.25, 0.3) is 0 Å². The van der Waals surface area contributed by atoms with E-state index in [1.807, 2.05) is 23.7 Å². The fraction of sp³-hybridized carbons (Fsp3) is 0.375. The molecule has 0 radical (unpaired) electrons. The summed E-state index contributed by atoms with van der Waals surface area (Å²) in [5.74, 6) is -0.286. The molecule has 7 heteroatoms. The summed E-state index contributed by atoms with van der Waals surface area (Å²) in [5.41, 5.74) is 5.06. The van der Waals surface area contributed by atoms with Crippen molar-refractivity contribution in [1.82, 2.24) is 9.78 Å². The van der Waals surface area contributed by atoms with Gasteiger partial charge in [0.1, 0.15) is 17.4 Å². The standard InChI is InChI=1S/C24H27F2N3OS/c1-5-29-16(3)20(15(2)27-29)14-28-11-10-23(19-8-6-17(25)12-21(19)26)31-24-13-18(30-4)7-9-22(24)28/h6-9,12-13,23H,5,10-11,14H2,1-4H3/t23-/m0/s1. The number of nitrogens with zero attached hydrogens (tertiary/aromatic N) is 3. The number of anilines is 1. The van der Waals surface area contributed by atoms with Crippen molar-refractivity contribution in [2.24, 2.45) is 0 Å². The molecule has 0 amide bonds. The van der Waals surface area contributed by atoms with Crippen LogP contribution in [0.2, 0.25) is 0 Å². The maximum Gasteiger partial charge on any atom is 0.130 e. The second kappa shape index (κ2) is 8.91. The summed E-state index contributed by atoms with van der Waals surface area (Å²) in [6.45, 7) is 8.57. The molecule has 0 unspecified atom stereocenters. The maximum absolute atomic E-state index is 14.6. The first kappa shape index (κ1) is 21.7. The summed E-state index contributed by atoms with van der Waals surface area (Å²) in [5, 5.41) is 4.55. The van der Waals surface area contributed by atoms with Crippen LogP contribution in [0, 0.1) is 25.5 Å². The molecule has 1 aliphatic rings. The van der Waals surface area contributed by atoms with Crippen molar-refractivity contribution in [2.45, 2.75) is 50.4 Å². The number of hydrogen-bond donors (Lipinski definition) is 0. The zero-order chi connectivity index (χ0) is 22.1. The third kappa shape index (κ3) is 4.28. The predicted octanol–water partition coefficient (Wildman–Crippen LogP) is 6.05. The van der Waals surface area contributed by atoms with Crippen LogP contribution in [0.5, 0.6) is 5.75 Å². The number of halogens is 2. The maximum atomic E-state index is 14.6. The van der Waals surface area contributed by atoms with Gasteiger partial charge in [0.05, 0.1) is 18.5 Å². The van der Waals surface area contributed by atoms with Crippen LogP contribution in [0.1, 0.15) is 41.1 Å². The number of aryl methyl sites for hydroxylation is 2. The molecular formula is C24H27F2N3OS. The van der Waals surface area contributed by atoms with Crippen LogP contribution >= 0.6 is 11.8 Å². The van der Waals surface area contributed by atoms with Crippen molar-refractivity contribution in [3.63, 3.8) is 0 Å². The number of hydrogen-bond acceptors (Lipinski definition) is 4. The average Bonchev–Trinajstić information content (AvgIpc) is 2.92. The highest BCUT2D eigenvalue weighted by atomic mass is 32.2. The van der Waals surface area contributed by atoms with Crippen LogP contribution in [0.3, 0.4) is 0 Å². The largest absolute Gasteiger partial charge is 0.497 e. The molecule has 0 spiro atoms. The van der Waals surface area contributed by atoms with Crippen molar-refractivity contribution < 1.29 is 13.5 Å². The van der Waals surface area contributed by atoms with E-state index in [1.54, 1.807) is 24.9 Å². The molecule has 0 fully saturated rings. The number of rotatable bonds is 5. The number of methoxy groups -OCH3 is 1. The molecule has 1 atom stereocenters. The van der Waals surface area contributed by atoms with Gasteiger partial charge in [-0.05, 0) is 51.5 Å². The highest BCUT2D eigenvalue weighted by Gasteiger charge is 2.27. The molecule has 4 nitrogen and oxygen atoms in total. The van der Waals surface area contributed by atoms with E-state index in [4.69, 9.17) is 4.74 Å². The SMILES string of the molecule is CCn1nc(C)c(CN2CC[C@@H](c3ccc(F)cc3F)Sc3cc(OC)ccc32)c1C. The van der Waals surface area contributed by atoms with E-state index in [0.29, 0.717) is 5.56 Å². The normalized spacial score (nSPS) is 16.2. The Balaban J connectivity index is 1.72. The van der Waals surface area contributed by atoms with E-state index in [9.17, 15) is 8.78 Å². The van der Waals surface area contributed by atoms with E-state index in [0.717, 1.165) is 54.1 Å². The van der Waals surface area contributed by atoms with Crippen LogP contribution in [0.15, 0.2) is 41.3 Å². The van der Waals surface area contributed by atoms with E-state index in [-0.39, 0.29) is 5.25 Å². The van der Waals surface area contributed by atoms with Crippen molar-refractivity contribution >= 4 is 17.4 Å². The van der Waals surface area contributed by atoms with Gasteiger partial charge >= 0.3 is 0 Å². The smallest absolute Gasteiger partial charge is 0.130 e. The summed E-state index contributed by atoms with van der Waals surface area (Å²) in [4.78, 5) is 3.36. The lowest BCUT2D eigenvalue weighted by atomic mass is 10.1. The number of fused-ring (bicyclic) bond motifs is 1. The van der Waals surface area contributed by atoms with Crippen LogP contribution < -0.4 is 9.64 Å². The molecule has 4 rings (SSSR count). The highest BCUT2D eigenvalue weighted by molar-refractivity contribution is 7.99. The number of ether oxygens (including phenoxy) is 1. The molecule has 0 N–H and O–H groups in total. The lowest BCUT2D eigenvalue weighted by Gasteiger charge is -2.25. The molecule has 2 heterocycles. The Hall–Kier alpha value is -2.54. The first-order valence-corrected chi connectivity index (χ1v) is 11.4. The zero-order valence-electron chi connectivity index (χ0n) is 18.3. The van der Waals surface area contributed by atoms with Crippen LogP contribution in [0.25, 0.3) is 0 Å². The first-order valence-electron chi connectivity index (χ1n) is 10.5. The van der Waals surface area contributed by atoms with Crippen LogP contribution in [0.4, 0.5) is 14.5 Å². The van der Waals surface area contributed by atoms with Gasteiger partial charge in [-0.2, -0.15) is 5.10 Å². The summed E-state index contributed by atoms with van der Waals surface area (Å²) in [6, 6.07) is 9.90. The van der Waals surface area contributed by atoms with Crippen molar-refractivity contribution in [2.75, 3.05) is 18.6 Å². The van der Waals surface area contributed by atoms with Gasteiger partial charge in [-0.15, -0.1) is 11.8 Å². The number of benzene rings is 2. The van der Waals surface area contributed by atoms with Crippen LogP contribution in [-0.2, 0) is 13.1 Å². The third-order valence-corrected chi connectivity index (χ3v) is 7.28. The van der Waals surface area contributed by atoms with Gasteiger partial charge < -0.3 is 9.64 Å². The Morgan fingerprint density at radius 1 is 1.16 bits per heavy atom. The van der Waals surface area contributed by atoms with Crippen molar-refractivity contribution in [3.05, 3.63) is 70.5 Å². The topological polar surface area (TPSA) is 30.3 Å². The van der Waals surface area contributed by atoms with Crippen molar-refractivity contribution in [1.29, 1.82) is 0 Å². The predicted molar refractivity (Wildman–Crippen MR) is 121 cm³/mol. The molecule has 0 saturated carbocycles. The second-order valence-corrected chi connectivity index (χ2v) is 9.03. The molecule has 1 aromatic heterocycles. The Morgan fingerprint density at radius 2 is 1.97 bits per heavy atom. The molecular weight excluding hydrogens is 416 g/mol. The quantitative estimate of drug-likeness (QED) is 0.480. The molecule has 0 bridgehead atoms. The molecule has 2 aromatic carbocycles. The van der Waals surface area contributed by atoms with Gasteiger partial charge in [0.15, 0.2) is 0 Å². The van der Waals surface area contributed by atoms with Gasteiger partial charge in [0, 0.05) is 52.7 Å². The lowest BCUT2D eigenvalue weighted by Crippen LogP contribution is -2.24. The van der Waals surface area contributed by atoms with E-state index in [2.05, 4.69) is 29.9 Å². The van der Waals surface area contributed by atoms with Gasteiger partial charge in [-0.1, -0.05) is 6.07 Å². The molecule has 0 aliphatic carbocycles. The zero-order valence-corrected chi connectivity index (χ0v) is 19.1. The minimum Gasteiger partial charge on any atom is -0.497 e. The second-order valence-electron chi connectivity index (χ2n) is 7.78. The molecule has 3 aromatic rings. The van der Waals surface area contributed by atoms with Gasteiger partial charge in [0.2, 0.25) is 0 Å². The fourth-order valence-corrected chi connectivity index (χ4v) is 5.54. The van der Waals surface area contributed by atoms with E-state index >= 15 is 0 Å². The number of thioether (sulfide) groups is 1. The summed E-state index contributed by atoms with van der Waals surface area (Å²) in [7, 11) is 1.64. The monoisotopic (exact) mass is 443 g/mol. The fourth-order valence-electron chi connectivity index (χ4n) is 4.19. The Bertz CT molecular complexity index is 1100. The highest BCUT2D eigenvalue weighted by Crippen LogP contribution is 2.47. The Labute approximate surface area is 186 Å². The average molecular weight is 444 g/mol. The number of aromatic nitrogens is 2. The lowest BCUT2D eigenvalue weighted by molar-refractivity contribution is 0.413. The van der Waals surface area contributed by atoms with Gasteiger partial charge in [-0.25, -0.2) is 8.78 Å². The van der Waals surface area contributed by atoms with Gasteiger partial charge in [-0.3, -0.25) is 4.68 Å². The molecule has 1 aliphatic heterocycles. The van der Waals surface area contributed by atoms with Crippen LogP contribution in [-0.4, -0.2) is 23.4 Å². The Kier molecular flexibility index (Phi) is 6.23. The minimum atomic E-state index is -0.553. The minimum absolute atomic E-state index is 0.114. The summed E-state index contributed by atoms with van der Waals surface area (Å²) in [6.07, 6.45) is 0.740. The first-order chi connectivity index (χ1) is 14.9.